The number of fused-ring (bicyclic) bond motifs is 2. The van der Waals surface area contributed by atoms with Crippen LogP contribution in [0.15, 0.2) is 21.3 Å². The van der Waals surface area contributed by atoms with Crippen LogP contribution in [0.25, 0.3) is 11.0 Å². The molecule has 33 heavy (non-hydrogen) atoms. The highest BCUT2D eigenvalue weighted by molar-refractivity contribution is 6.00. The zero-order chi connectivity index (χ0) is 22.9. The lowest BCUT2D eigenvalue weighted by atomic mass is 9.90. The van der Waals surface area contributed by atoms with Crippen LogP contribution in [0.1, 0.15) is 66.4 Å². The maximum absolute atomic E-state index is 12.9. The third-order valence-electron chi connectivity index (χ3n) is 7.22. The second-order valence-corrected chi connectivity index (χ2v) is 9.48. The fourth-order valence-electron chi connectivity index (χ4n) is 5.58. The number of benzene rings is 1. The molecule has 0 bridgehead atoms. The number of rotatable bonds is 5. The Morgan fingerprint density at radius 3 is 2.61 bits per heavy atom. The van der Waals surface area contributed by atoms with E-state index in [0.717, 1.165) is 81.8 Å². The minimum Gasteiger partial charge on any atom is -0.422 e. The Hall–Kier alpha value is -2.87. The van der Waals surface area contributed by atoms with E-state index in [1.807, 2.05) is 6.07 Å². The quantitative estimate of drug-likeness (QED) is 0.598. The number of nitrogens with one attached hydrogen (secondary N) is 2. The van der Waals surface area contributed by atoms with Crippen LogP contribution in [0.2, 0.25) is 0 Å². The van der Waals surface area contributed by atoms with E-state index < -0.39 is 30.1 Å². The van der Waals surface area contributed by atoms with E-state index in [4.69, 9.17) is 4.42 Å². The molecule has 3 aliphatic rings. The van der Waals surface area contributed by atoms with Crippen LogP contribution in [0.3, 0.4) is 0 Å². The molecular weight excluding hydrogens is 422 g/mol. The Balaban J connectivity index is 1.40. The minimum absolute atomic E-state index is 0.0608. The van der Waals surface area contributed by atoms with Crippen LogP contribution in [-0.4, -0.2) is 48.7 Å². The predicted molar refractivity (Wildman–Crippen MR) is 125 cm³/mol. The summed E-state index contributed by atoms with van der Waals surface area (Å²) >= 11 is 0. The fraction of sp³-hybridized carbons (Fsp3) is 0.560. The second-order valence-electron chi connectivity index (χ2n) is 9.48. The van der Waals surface area contributed by atoms with Crippen molar-refractivity contribution in [3.05, 3.63) is 39.2 Å². The molecule has 0 radical (unpaired) electrons. The highest BCUT2D eigenvalue weighted by Gasteiger charge is 2.29. The van der Waals surface area contributed by atoms with Gasteiger partial charge in [-0.05, 0) is 56.2 Å². The molecule has 5 rings (SSSR count). The average molecular weight is 454 g/mol. The van der Waals surface area contributed by atoms with Gasteiger partial charge < -0.3 is 25.1 Å². The number of nitrogens with zero attached hydrogens (tertiary/aromatic N) is 1. The molecule has 8 nitrogen and oxygen atoms in total. The molecule has 1 saturated carbocycles. The van der Waals surface area contributed by atoms with E-state index in [9.17, 15) is 19.5 Å². The van der Waals surface area contributed by atoms with Crippen molar-refractivity contribution in [2.75, 3.05) is 24.6 Å². The van der Waals surface area contributed by atoms with Gasteiger partial charge in [0, 0.05) is 35.8 Å². The summed E-state index contributed by atoms with van der Waals surface area (Å²) < 4.78 is 5.68. The number of aryl methyl sites for hydroxylation is 2. The van der Waals surface area contributed by atoms with Crippen LogP contribution in [-0.2, 0) is 17.6 Å². The van der Waals surface area contributed by atoms with Gasteiger partial charge in [0.2, 0.25) is 5.91 Å². The Kier molecular flexibility index (Phi) is 6.10. The second kappa shape index (κ2) is 9.17. The van der Waals surface area contributed by atoms with E-state index in [2.05, 4.69) is 15.5 Å². The molecule has 1 aromatic carbocycles. The van der Waals surface area contributed by atoms with Gasteiger partial charge in [-0.1, -0.05) is 19.3 Å². The summed E-state index contributed by atoms with van der Waals surface area (Å²) in [5.41, 5.74) is 3.15. The molecule has 2 aliphatic heterocycles. The molecule has 0 saturated heterocycles. The number of carbonyl (C=O) groups excluding carboxylic acids is 2. The SMILES string of the molecule is O=C(N[C@@H](CO)C(=O)NC1CCCCC1)c1cc2cc3c4c(c2oc1=O)CCCN4CCC3. The summed E-state index contributed by atoms with van der Waals surface area (Å²) in [4.78, 5) is 40.6. The van der Waals surface area contributed by atoms with Gasteiger partial charge in [-0.3, -0.25) is 9.59 Å². The van der Waals surface area contributed by atoms with Crippen LogP contribution in [0.4, 0.5) is 5.69 Å². The van der Waals surface area contributed by atoms with Crippen molar-refractivity contribution in [1.29, 1.82) is 0 Å². The van der Waals surface area contributed by atoms with Crippen molar-refractivity contribution in [3.63, 3.8) is 0 Å². The standard InChI is InChI=1S/C25H31N3O5/c29-14-20(24(31)26-17-7-2-1-3-8-17)27-23(30)19-13-16-12-15-6-4-10-28-11-5-9-18(21(15)28)22(16)33-25(19)32/h12-13,17,20,29H,1-11,14H2,(H,26,31)(H,27,30)/t20-/m0/s1. The Morgan fingerprint density at radius 1 is 1.09 bits per heavy atom. The van der Waals surface area contributed by atoms with Crippen LogP contribution in [0, 0.1) is 0 Å². The van der Waals surface area contributed by atoms with Crippen molar-refractivity contribution in [2.24, 2.45) is 0 Å². The first-order valence-corrected chi connectivity index (χ1v) is 12.1. The van der Waals surface area contributed by atoms with E-state index >= 15 is 0 Å². The lowest BCUT2D eigenvalue weighted by molar-refractivity contribution is -0.124. The Bertz CT molecular complexity index is 1130. The largest absolute Gasteiger partial charge is 0.422 e. The summed E-state index contributed by atoms with van der Waals surface area (Å²) in [7, 11) is 0. The van der Waals surface area contributed by atoms with Gasteiger partial charge >= 0.3 is 5.63 Å². The lowest BCUT2D eigenvalue weighted by Crippen LogP contribution is -2.52. The first-order valence-electron chi connectivity index (χ1n) is 12.1. The summed E-state index contributed by atoms with van der Waals surface area (Å²) in [5, 5.41) is 15.9. The maximum atomic E-state index is 12.9. The molecule has 3 heterocycles. The fourth-order valence-corrected chi connectivity index (χ4v) is 5.58. The third kappa shape index (κ3) is 4.24. The molecule has 176 valence electrons. The van der Waals surface area contributed by atoms with E-state index in [1.165, 1.54) is 11.3 Å². The molecule has 1 aromatic heterocycles. The van der Waals surface area contributed by atoms with Gasteiger partial charge in [-0.25, -0.2) is 4.79 Å². The maximum Gasteiger partial charge on any atom is 0.349 e. The summed E-state index contributed by atoms with van der Waals surface area (Å²) in [6.07, 6.45) is 8.97. The smallest absolute Gasteiger partial charge is 0.349 e. The Labute approximate surface area is 192 Å². The van der Waals surface area contributed by atoms with Gasteiger partial charge in [-0.15, -0.1) is 0 Å². The van der Waals surface area contributed by atoms with Gasteiger partial charge in [0.1, 0.15) is 17.2 Å². The highest BCUT2D eigenvalue weighted by Crippen LogP contribution is 2.39. The number of hydrogen-bond donors (Lipinski definition) is 3. The highest BCUT2D eigenvalue weighted by atomic mass is 16.4. The van der Waals surface area contributed by atoms with E-state index in [-0.39, 0.29) is 11.6 Å². The first-order chi connectivity index (χ1) is 16.0. The zero-order valence-corrected chi connectivity index (χ0v) is 18.8. The number of aliphatic hydroxyl groups excluding tert-OH is 1. The van der Waals surface area contributed by atoms with Gasteiger partial charge in [-0.2, -0.15) is 0 Å². The topological polar surface area (TPSA) is 112 Å². The van der Waals surface area contributed by atoms with Crippen LogP contribution < -0.4 is 21.2 Å². The van der Waals surface area contributed by atoms with E-state index in [1.54, 1.807) is 6.07 Å². The summed E-state index contributed by atoms with van der Waals surface area (Å²) in [6.45, 7) is 1.49. The van der Waals surface area contributed by atoms with Crippen molar-refractivity contribution in [1.82, 2.24) is 10.6 Å². The molecule has 2 aromatic rings. The van der Waals surface area contributed by atoms with Crippen molar-refractivity contribution in [3.8, 4) is 0 Å². The summed E-state index contributed by atoms with van der Waals surface area (Å²) in [6, 6.07) is 2.53. The number of aliphatic hydroxyl groups is 1. The number of hydrogen-bond acceptors (Lipinski definition) is 6. The van der Waals surface area contributed by atoms with Gasteiger partial charge in [0.25, 0.3) is 5.91 Å². The molecule has 1 fully saturated rings. The zero-order valence-electron chi connectivity index (χ0n) is 18.8. The van der Waals surface area contributed by atoms with Gasteiger partial charge in [0.15, 0.2) is 0 Å². The minimum atomic E-state index is -1.12. The van der Waals surface area contributed by atoms with Crippen molar-refractivity contribution < 1.29 is 19.1 Å². The first kappa shape index (κ1) is 21.9. The molecule has 2 amide bonds. The lowest BCUT2D eigenvalue weighted by Gasteiger charge is -2.37. The molecule has 0 unspecified atom stereocenters. The predicted octanol–water partition coefficient (Wildman–Crippen LogP) is 2.03. The van der Waals surface area contributed by atoms with Crippen LogP contribution >= 0.6 is 0 Å². The molecule has 8 heteroatoms. The van der Waals surface area contributed by atoms with Crippen molar-refractivity contribution in [2.45, 2.75) is 69.9 Å². The molecule has 0 spiro atoms. The van der Waals surface area contributed by atoms with Gasteiger partial charge in [0.05, 0.1) is 6.61 Å². The monoisotopic (exact) mass is 453 g/mol. The normalized spacial score (nSPS) is 19.1. The summed E-state index contributed by atoms with van der Waals surface area (Å²) in [5.74, 6) is -1.14. The van der Waals surface area contributed by atoms with Crippen molar-refractivity contribution >= 4 is 28.5 Å². The molecule has 3 N–H and O–H groups in total. The number of carbonyl (C=O) groups is 2. The van der Waals surface area contributed by atoms with Crippen LogP contribution in [0.5, 0.6) is 0 Å². The molecule has 1 aliphatic carbocycles. The Morgan fingerprint density at radius 2 is 1.85 bits per heavy atom. The number of amides is 2. The molecule has 1 atom stereocenters. The molecular formula is C25H31N3O5. The van der Waals surface area contributed by atoms with E-state index in [0.29, 0.717) is 5.58 Å². The third-order valence-corrected chi connectivity index (χ3v) is 7.22. The average Bonchev–Trinajstić information content (AvgIpc) is 2.83. The number of anilines is 1.